The summed E-state index contributed by atoms with van der Waals surface area (Å²) in [5, 5.41) is 0. The minimum Gasteiger partial charge on any atom is -0.262 e. The molecule has 0 bridgehead atoms. The first-order chi connectivity index (χ1) is 12.8. The van der Waals surface area contributed by atoms with E-state index in [1.807, 2.05) is 47.8 Å². The van der Waals surface area contributed by atoms with E-state index in [1.54, 1.807) is 0 Å². The van der Waals surface area contributed by atoms with Crippen molar-refractivity contribution < 1.29 is 0 Å². The van der Waals surface area contributed by atoms with E-state index in [4.69, 9.17) is 0 Å². The molecule has 0 rings (SSSR count). The highest BCUT2D eigenvalue weighted by molar-refractivity contribution is 5.73. The molecule has 0 aliphatic carbocycles. The molecule has 0 aliphatic rings. The highest BCUT2D eigenvalue weighted by Crippen LogP contribution is 2.08. The van der Waals surface area contributed by atoms with Crippen LogP contribution in [0.1, 0.15) is 129 Å². The van der Waals surface area contributed by atoms with Crippen molar-refractivity contribution in [2.75, 3.05) is 0 Å². The van der Waals surface area contributed by atoms with Crippen molar-refractivity contribution >= 4 is 6.21 Å². The molecule has 0 aromatic rings. The van der Waals surface area contributed by atoms with Gasteiger partial charge in [0.15, 0.2) is 0 Å². The quantitative estimate of drug-likeness (QED) is 0.307. The molecule has 0 N–H and O–H groups in total. The van der Waals surface area contributed by atoms with E-state index in [0.29, 0.717) is 0 Å². The predicted molar refractivity (Wildman–Crippen MR) is 134 cm³/mol. The van der Waals surface area contributed by atoms with Crippen LogP contribution in [0, 0.1) is 0 Å². The third-order valence-corrected chi connectivity index (χ3v) is 3.13. The van der Waals surface area contributed by atoms with Gasteiger partial charge in [0.1, 0.15) is 0 Å². The molecule has 0 saturated carbocycles. The van der Waals surface area contributed by atoms with Crippen molar-refractivity contribution in [3.63, 3.8) is 0 Å². The molecule has 0 unspecified atom stereocenters. The lowest BCUT2D eigenvalue weighted by Crippen LogP contribution is -1.81. The van der Waals surface area contributed by atoms with Gasteiger partial charge in [0.2, 0.25) is 0 Å². The van der Waals surface area contributed by atoms with E-state index in [2.05, 4.69) is 66.1 Å². The van der Waals surface area contributed by atoms with Crippen LogP contribution in [0.4, 0.5) is 0 Å². The molecule has 0 spiro atoms. The third-order valence-electron chi connectivity index (χ3n) is 3.13. The number of nitrogens with zero attached hydrogens (tertiary/aromatic N) is 1. The minimum atomic E-state index is 1.08. The molecule has 0 radical (unpaired) electrons. The molecule has 0 aliphatic heterocycles. The van der Waals surface area contributed by atoms with E-state index in [9.17, 15) is 0 Å². The number of unbranched alkanes of at least 4 members (excludes halogenated alkanes) is 2. The maximum absolute atomic E-state index is 4.40. The predicted octanol–water partition coefficient (Wildman–Crippen LogP) is 10.3. The smallest absolute Gasteiger partial charge is 0.0361 e. The van der Waals surface area contributed by atoms with Crippen molar-refractivity contribution in [2.45, 2.75) is 129 Å². The standard InChI is InChI=1S/C13H23N.C5H12.C4H8.2C2H6/c1-6-8-11(3)9-10-14-13(5)12(4)7-2;1-3-5-4-2;1-4(2)3;2*1-2/h9-10H,6-8H2,1-5H3;3-5H2,1-2H3;1H2,2-3H3;2*1-2H3/b11-9+,13-12+,14-10+;;;;. The number of aliphatic imine (C=N–C) groups is 1. The Balaban J connectivity index is -0.000000102. The van der Waals surface area contributed by atoms with E-state index in [1.165, 1.54) is 48.8 Å². The Hall–Kier alpha value is -1.11. The highest BCUT2D eigenvalue weighted by Gasteiger charge is 1.89. The fraction of sp³-hybridized carbons (Fsp3) is 0.731. The molecule has 0 atom stereocenters. The van der Waals surface area contributed by atoms with Gasteiger partial charge in [-0.15, -0.1) is 6.58 Å². The van der Waals surface area contributed by atoms with E-state index in [-0.39, 0.29) is 0 Å². The molecule has 0 aromatic carbocycles. The van der Waals surface area contributed by atoms with Crippen LogP contribution < -0.4 is 0 Å². The topological polar surface area (TPSA) is 12.4 Å². The van der Waals surface area contributed by atoms with Gasteiger partial charge < -0.3 is 0 Å². The zero-order valence-corrected chi connectivity index (χ0v) is 21.6. The van der Waals surface area contributed by atoms with Crippen LogP contribution >= 0.6 is 0 Å². The number of hydrogen-bond acceptors (Lipinski definition) is 1. The maximum atomic E-state index is 4.40. The summed E-state index contributed by atoms with van der Waals surface area (Å²) in [7, 11) is 0. The first kappa shape index (κ1) is 36.8. The summed E-state index contributed by atoms with van der Waals surface area (Å²) in [5.41, 5.74) is 5.08. The summed E-state index contributed by atoms with van der Waals surface area (Å²) < 4.78 is 0. The molecule has 0 amide bonds. The lowest BCUT2D eigenvalue weighted by Gasteiger charge is -1.98. The summed E-state index contributed by atoms with van der Waals surface area (Å²) in [6.07, 6.45) is 11.6. The molecule has 0 fully saturated rings. The molecule has 1 heteroatoms. The molecule has 1 nitrogen and oxygen atoms in total. The molecule has 0 heterocycles. The van der Waals surface area contributed by atoms with Crippen molar-refractivity contribution in [1.29, 1.82) is 0 Å². The first-order valence-electron chi connectivity index (χ1n) is 11.2. The lowest BCUT2D eigenvalue weighted by atomic mass is 10.2. The zero-order valence-electron chi connectivity index (χ0n) is 21.6. The third kappa shape index (κ3) is 51.6. The fourth-order valence-electron chi connectivity index (χ4n) is 1.47. The Bertz CT molecular complexity index is 350. The molecular formula is C26H55N. The Kier molecular flexibility index (Phi) is 48.9. The van der Waals surface area contributed by atoms with Crippen molar-refractivity contribution in [1.82, 2.24) is 0 Å². The first-order valence-corrected chi connectivity index (χ1v) is 11.2. The molecule has 0 saturated heterocycles. The van der Waals surface area contributed by atoms with Crippen LogP contribution in [-0.4, -0.2) is 6.21 Å². The van der Waals surface area contributed by atoms with Crippen LogP contribution in [-0.2, 0) is 0 Å². The van der Waals surface area contributed by atoms with Gasteiger partial charge in [-0.1, -0.05) is 97.8 Å². The average molecular weight is 382 g/mol. The number of hydrogen-bond donors (Lipinski definition) is 0. The summed E-state index contributed by atoms with van der Waals surface area (Å²) in [6.45, 7) is 30.6. The molecule has 27 heavy (non-hydrogen) atoms. The average Bonchev–Trinajstić information content (AvgIpc) is 2.65. The highest BCUT2D eigenvalue weighted by atomic mass is 14.7. The molecule has 0 aromatic heterocycles. The normalized spacial score (nSPS) is 10.6. The van der Waals surface area contributed by atoms with Gasteiger partial charge in [-0.25, -0.2) is 0 Å². The zero-order chi connectivity index (χ0) is 22.7. The van der Waals surface area contributed by atoms with Crippen LogP contribution in [0.2, 0.25) is 0 Å². The minimum absolute atomic E-state index is 1.08. The summed E-state index contributed by atoms with van der Waals surface area (Å²) in [6, 6.07) is 0. The summed E-state index contributed by atoms with van der Waals surface area (Å²) in [5.74, 6) is 0. The second-order valence-corrected chi connectivity index (χ2v) is 6.32. The van der Waals surface area contributed by atoms with Gasteiger partial charge >= 0.3 is 0 Å². The van der Waals surface area contributed by atoms with E-state index in [0.717, 1.165) is 12.1 Å². The Labute approximate surface area is 175 Å². The van der Waals surface area contributed by atoms with Gasteiger partial charge in [0, 0.05) is 11.9 Å². The summed E-state index contributed by atoms with van der Waals surface area (Å²) in [4.78, 5) is 4.40. The van der Waals surface area contributed by atoms with Crippen LogP contribution in [0.15, 0.2) is 40.1 Å². The van der Waals surface area contributed by atoms with Crippen LogP contribution in [0.25, 0.3) is 0 Å². The number of rotatable bonds is 7. The van der Waals surface area contributed by atoms with Crippen molar-refractivity contribution in [2.24, 2.45) is 4.99 Å². The van der Waals surface area contributed by atoms with Crippen LogP contribution in [0.3, 0.4) is 0 Å². The van der Waals surface area contributed by atoms with Crippen molar-refractivity contribution in [3.05, 3.63) is 35.1 Å². The monoisotopic (exact) mass is 381 g/mol. The SMILES string of the molecule is C=C(C)C.CC.CC.CCC/C(C)=C/C=N/C(C)=C(\C)CC.CCCCC. The summed E-state index contributed by atoms with van der Waals surface area (Å²) >= 11 is 0. The molecular weight excluding hydrogens is 326 g/mol. The van der Waals surface area contributed by atoms with Gasteiger partial charge in [0.05, 0.1) is 0 Å². The second kappa shape index (κ2) is 35.9. The Morgan fingerprint density at radius 2 is 1.19 bits per heavy atom. The van der Waals surface area contributed by atoms with Gasteiger partial charge in [0.25, 0.3) is 0 Å². The maximum Gasteiger partial charge on any atom is 0.0361 e. The number of allylic oxidation sites excluding steroid dienone is 5. The largest absolute Gasteiger partial charge is 0.262 e. The second-order valence-electron chi connectivity index (χ2n) is 6.32. The fourth-order valence-corrected chi connectivity index (χ4v) is 1.47. The Morgan fingerprint density at radius 1 is 0.778 bits per heavy atom. The Morgan fingerprint density at radius 3 is 1.44 bits per heavy atom. The van der Waals surface area contributed by atoms with Gasteiger partial charge in [-0.2, -0.15) is 0 Å². The van der Waals surface area contributed by atoms with Gasteiger partial charge in [-0.3, -0.25) is 4.99 Å². The lowest BCUT2D eigenvalue weighted by molar-refractivity contribution is 0.772. The van der Waals surface area contributed by atoms with Gasteiger partial charge in [-0.05, 0) is 53.5 Å². The van der Waals surface area contributed by atoms with Crippen molar-refractivity contribution in [3.8, 4) is 0 Å². The van der Waals surface area contributed by atoms with Crippen LogP contribution in [0.5, 0.6) is 0 Å². The van der Waals surface area contributed by atoms with E-state index >= 15 is 0 Å². The van der Waals surface area contributed by atoms with E-state index < -0.39 is 0 Å². The molecule has 164 valence electrons.